The first-order valence-corrected chi connectivity index (χ1v) is 6.50. The Kier molecular flexibility index (Phi) is 4.85. The van der Waals surface area contributed by atoms with Gasteiger partial charge in [0.1, 0.15) is 0 Å². The minimum atomic E-state index is -1.62. The van der Waals surface area contributed by atoms with E-state index in [0.29, 0.717) is 0 Å². The molecule has 0 radical (unpaired) electrons. The number of aliphatic hydroxyl groups is 1. The highest BCUT2D eigenvalue weighted by molar-refractivity contribution is 5.24. The van der Waals surface area contributed by atoms with Crippen molar-refractivity contribution >= 4 is 0 Å². The van der Waals surface area contributed by atoms with Gasteiger partial charge in [0.25, 0.3) is 5.70 Å². The number of rotatable bonds is 6. The van der Waals surface area contributed by atoms with Gasteiger partial charge in [-0.2, -0.15) is 0 Å². The van der Waals surface area contributed by atoms with E-state index in [1.165, 1.54) is 25.3 Å². The Labute approximate surface area is 122 Å². The molecule has 0 aromatic heterocycles. The molecule has 0 saturated carbocycles. The van der Waals surface area contributed by atoms with Crippen molar-refractivity contribution < 1.29 is 19.5 Å². The summed E-state index contributed by atoms with van der Waals surface area (Å²) in [6, 6.07) is 9.38. The molecule has 6 nitrogen and oxygen atoms in total. The lowest BCUT2D eigenvalue weighted by Gasteiger charge is -2.32. The maximum absolute atomic E-state index is 10.8. The van der Waals surface area contributed by atoms with E-state index in [1.54, 1.807) is 0 Å². The van der Waals surface area contributed by atoms with E-state index in [1.807, 2.05) is 30.3 Å². The Morgan fingerprint density at radius 1 is 1.38 bits per heavy atom. The number of benzene rings is 1. The second-order valence-corrected chi connectivity index (χ2v) is 4.77. The monoisotopic (exact) mass is 291 g/mol. The van der Waals surface area contributed by atoms with Crippen molar-refractivity contribution in [2.75, 3.05) is 13.7 Å². The molecule has 0 spiro atoms. The van der Waals surface area contributed by atoms with Crippen LogP contribution in [-0.2, 0) is 16.1 Å². The van der Waals surface area contributed by atoms with Crippen LogP contribution in [0.5, 0.6) is 0 Å². The van der Waals surface area contributed by atoms with E-state index in [2.05, 4.69) is 0 Å². The van der Waals surface area contributed by atoms with Crippen LogP contribution in [-0.4, -0.2) is 29.5 Å². The number of hydrogen-bond acceptors (Lipinski definition) is 5. The first-order valence-electron chi connectivity index (χ1n) is 6.50. The van der Waals surface area contributed by atoms with E-state index in [0.717, 1.165) is 5.56 Å². The molecule has 0 fully saturated rings. The first-order chi connectivity index (χ1) is 10.0. The third kappa shape index (κ3) is 3.75. The van der Waals surface area contributed by atoms with Gasteiger partial charge in [0.2, 0.25) is 0 Å². The van der Waals surface area contributed by atoms with Crippen LogP contribution in [0.3, 0.4) is 0 Å². The molecule has 1 aromatic carbocycles. The van der Waals surface area contributed by atoms with Crippen LogP contribution in [0, 0.1) is 16.0 Å². The summed E-state index contributed by atoms with van der Waals surface area (Å²) in [6.07, 6.45) is 3.91. The van der Waals surface area contributed by atoms with Crippen molar-refractivity contribution in [3.63, 3.8) is 0 Å². The molecule has 1 aromatic rings. The maximum atomic E-state index is 10.8. The Balaban J connectivity index is 2.12. The zero-order chi connectivity index (χ0) is 15.3. The van der Waals surface area contributed by atoms with Gasteiger partial charge in [0.15, 0.2) is 5.79 Å². The smallest absolute Gasteiger partial charge is 0.265 e. The predicted molar refractivity (Wildman–Crippen MR) is 75.8 cm³/mol. The summed E-state index contributed by atoms with van der Waals surface area (Å²) in [6.45, 7) is 0.316. The minimum absolute atomic E-state index is 0.0787. The number of nitro groups is 1. The van der Waals surface area contributed by atoms with Crippen LogP contribution in [0.15, 0.2) is 54.3 Å². The third-order valence-electron chi connectivity index (χ3n) is 3.27. The maximum Gasteiger partial charge on any atom is 0.265 e. The third-order valence-corrected chi connectivity index (χ3v) is 3.27. The van der Waals surface area contributed by atoms with Crippen LogP contribution in [0.1, 0.15) is 5.56 Å². The van der Waals surface area contributed by atoms with Crippen LogP contribution in [0.2, 0.25) is 0 Å². The van der Waals surface area contributed by atoms with Gasteiger partial charge in [0, 0.05) is 19.3 Å². The normalized spacial score (nSPS) is 24.7. The molecular formula is C15H17NO5. The van der Waals surface area contributed by atoms with Crippen LogP contribution in [0.25, 0.3) is 0 Å². The SMILES string of the molecule is COCC1C=C([N+](=O)[O-])C=CC1(O)OCc1ccccc1. The summed E-state index contributed by atoms with van der Waals surface area (Å²) < 4.78 is 10.6. The summed E-state index contributed by atoms with van der Waals surface area (Å²) >= 11 is 0. The van der Waals surface area contributed by atoms with Crippen molar-refractivity contribution in [2.45, 2.75) is 12.4 Å². The minimum Gasteiger partial charge on any atom is -0.384 e. The quantitative estimate of drug-likeness (QED) is 0.491. The molecule has 0 saturated heterocycles. The van der Waals surface area contributed by atoms with Crippen molar-refractivity contribution in [2.24, 2.45) is 5.92 Å². The van der Waals surface area contributed by atoms with Gasteiger partial charge in [-0.05, 0) is 11.6 Å². The number of hydrogen-bond donors (Lipinski definition) is 1. The van der Waals surface area contributed by atoms with Gasteiger partial charge in [-0.1, -0.05) is 30.3 Å². The highest BCUT2D eigenvalue weighted by Crippen LogP contribution is 2.30. The number of methoxy groups -OCH3 is 1. The van der Waals surface area contributed by atoms with E-state index in [-0.39, 0.29) is 18.9 Å². The number of allylic oxidation sites excluding steroid dienone is 1. The Morgan fingerprint density at radius 3 is 2.71 bits per heavy atom. The van der Waals surface area contributed by atoms with Crippen LogP contribution < -0.4 is 0 Å². The lowest BCUT2D eigenvalue weighted by molar-refractivity contribution is -0.420. The molecule has 21 heavy (non-hydrogen) atoms. The van der Waals surface area contributed by atoms with Gasteiger partial charge >= 0.3 is 0 Å². The topological polar surface area (TPSA) is 81.8 Å². The average Bonchev–Trinajstić information content (AvgIpc) is 2.49. The zero-order valence-electron chi connectivity index (χ0n) is 11.6. The molecule has 0 amide bonds. The molecule has 112 valence electrons. The molecule has 2 unspecified atom stereocenters. The van der Waals surface area contributed by atoms with E-state index in [9.17, 15) is 15.2 Å². The Morgan fingerprint density at radius 2 is 2.10 bits per heavy atom. The van der Waals surface area contributed by atoms with Gasteiger partial charge < -0.3 is 14.6 Å². The average molecular weight is 291 g/mol. The van der Waals surface area contributed by atoms with Gasteiger partial charge in [-0.3, -0.25) is 10.1 Å². The fraction of sp³-hybridized carbons (Fsp3) is 0.333. The summed E-state index contributed by atoms with van der Waals surface area (Å²) in [5, 5.41) is 21.4. The highest BCUT2D eigenvalue weighted by Gasteiger charge is 2.39. The van der Waals surface area contributed by atoms with Gasteiger partial charge in [-0.25, -0.2) is 0 Å². The van der Waals surface area contributed by atoms with Crippen LogP contribution in [0.4, 0.5) is 0 Å². The summed E-state index contributed by atoms with van der Waals surface area (Å²) in [4.78, 5) is 10.3. The molecule has 0 heterocycles. The lowest BCUT2D eigenvalue weighted by Crippen LogP contribution is -2.42. The molecule has 1 N–H and O–H groups in total. The van der Waals surface area contributed by atoms with Crippen molar-refractivity contribution in [1.82, 2.24) is 0 Å². The lowest BCUT2D eigenvalue weighted by atomic mass is 9.93. The molecule has 6 heteroatoms. The number of nitrogens with zero attached hydrogens (tertiary/aromatic N) is 1. The number of ether oxygens (including phenoxy) is 2. The second-order valence-electron chi connectivity index (χ2n) is 4.77. The summed E-state index contributed by atoms with van der Waals surface area (Å²) in [5.74, 6) is -2.26. The molecule has 0 bridgehead atoms. The van der Waals surface area contributed by atoms with Crippen molar-refractivity contribution in [1.29, 1.82) is 0 Å². The van der Waals surface area contributed by atoms with E-state index >= 15 is 0 Å². The largest absolute Gasteiger partial charge is 0.384 e. The Hall–Kier alpha value is -2.02. The Bertz CT molecular complexity index is 554. The van der Waals surface area contributed by atoms with Gasteiger partial charge in [-0.15, -0.1) is 0 Å². The molecule has 1 aliphatic rings. The van der Waals surface area contributed by atoms with E-state index < -0.39 is 16.6 Å². The van der Waals surface area contributed by atoms with E-state index in [4.69, 9.17) is 9.47 Å². The predicted octanol–water partition coefficient (Wildman–Crippen LogP) is 1.88. The fourth-order valence-electron chi connectivity index (χ4n) is 2.11. The summed E-state index contributed by atoms with van der Waals surface area (Å²) in [7, 11) is 1.47. The first kappa shape index (κ1) is 15.4. The highest BCUT2D eigenvalue weighted by atomic mass is 16.6. The zero-order valence-corrected chi connectivity index (χ0v) is 11.6. The van der Waals surface area contributed by atoms with Crippen molar-refractivity contribution in [3.8, 4) is 0 Å². The molecule has 0 aliphatic heterocycles. The fourth-order valence-corrected chi connectivity index (χ4v) is 2.11. The molecule has 2 rings (SSSR count). The van der Waals surface area contributed by atoms with Crippen molar-refractivity contribution in [3.05, 3.63) is 69.9 Å². The second kappa shape index (κ2) is 6.62. The van der Waals surface area contributed by atoms with Gasteiger partial charge in [0.05, 0.1) is 24.1 Å². The standard InChI is InChI=1S/C15H17NO5/c1-20-11-13-9-14(16(18)19)7-8-15(13,17)21-10-12-5-3-2-4-6-12/h2-9,13,17H,10-11H2,1H3. The van der Waals surface area contributed by atoms with Crippen LogP contribution >= 0.6 is 0 Å². The summed E-state index contributed by atoms with van der Waals surface area (Å²) in [5.41, 5.74) is 0.824. The molecule has 1 aliphatic carbocycles. The molecular weight excluding hydrogens is 274 g/mol. The molecule has 2 atom stereocenters.